The summed E-state index contributed by atoms with van der Waals surface area (Å²) >= 11 is 0. The summed E-state index contributed by atoms with van der Waals surface area (Å²) in [6.45, 7) is 0.353. The number of rotatable bonds is 8. The molecule has 0 saturated heterocycles. The van der Waals surface area contributed by atoms with Crippen molar-refractivity contribution in [1.29, 1.82) is 5.26 Å². The predicted molar refractivity (Wildman–Crippen MR) is 167 cm³/mol. The van der Waals surface area contributed by atoms with Crippen LogP contribution in [0.5, 0.6) is 0 Å². The van der Waals surface area contributed by atoms with E-state index in [1.807, 2.05) is 61.8 Å². The maximum atomic E-state index is 13.7. The number of nitrogens with zero attached hydrogens (tertiary/aromatic N) is 8. The highest BCUT2D eigenvalue weighted by Gasteiger charge is 2.38. The van der Waals surface area contributed by atoms with Gasteiger partial charge < -0.3 is 10.6 Å². The van der Waals surface area contributed by atoms with Crippen molar-refractivity contribution in [3.8, 4) is 28.5 Å². The number of aryl methyl sites for hydroxylation is 1. The zero-order valence-corrected chi connectivity index (χ0v) is 25.2. The summed E-state index contributed by atoms with van der Waals surface area (Å²) in [6.07, 6.45) is 5.38. The van der Waals surface area contributed by atoms with E-state index in [-0.39, 0.29) is 40.9 Å². The first kappa shape index (κ1) is 31.2. The summed E-state index contributed by atoms with van der Waals surface area (Å²) in [5.41, 5.74) is 0.988. The molecule has 0 unspecified atom stereocenters. The van der Waals surface area contributed by atoms with Gasteiger partial charge in [-0.05, 0) is 43.4 Å². The lowest BCUT2D eigenvalue weighted by Gasteiger charge is -2.36. The average Bonchev–Trinajstić information content (AvgIpc) is 3.75. The smallest absolute Gasteiger partial charge is 0.351 e. The van der Waals surface area contributed by atoms with Crippen molar-refractivity contribution in [3.05, 3.63) is 90.3 Å². The molecule has 3 N–H and O–H groups in total. The fourth-order valence-electron chi connectivity index (χ4n) is 5.67. The molecule has 4 aromatic heterocycles. The summed E-state index contributed by atoms with van der Waals surface area (Å²) in [6, 6.07) is 14.7. The number of nitrogens with one attached hydrogen (secondary N) is 3. The van der Waals surface area contributed by atoms with Gasteiger partial charge in [-0.2, -0.15) is 28.6 Å². The molecule has 0 bridgehead atoms. The first-order valence-corrected chi connectivity index (χ1v) is 14.9. The van der Waals surface area contributed by atoms with Crippen LogP contribution in [-0.4, -0.2) is 53.0 Å². The number of aromatic nitrogens is 7. The van der Waals surface area contributed by atoms with Crippen LogP contribution in [0.2, 0.25) is 0 Å². The van der Waals surface area contributed by atoms with Crippen molar-refractivity contribution in [2.24, 2.45) is 7.05 Å². The fraction of sp³-hybridized carbons (Fsp3) is 0.281. The molecule has 5 aromatic rings. The van der Waals surface area contributed by atoms with Crippen molar-refractivity contribution in [3.63, 3.8) is 0 Å². The Balaban J connectivity index is 1.18. The Morgan fingerprint density at radius 2 is 1.85 bits per heavy atom. The molecule has 1 fully saturated rings. The number of benzene rings is 1. The van der Waals surface area contributed by atoms with Crippen molar-refractivity contribution in [2.45, 2.75) is 50.5 Å². The summed E-state index contributed by atoms with van der Waals surface area (Å²) in [4.78, 5) is 28.5. The minimum absolute atomic E-state index is 0.0990. The summed E-state index contributed by atoms with van der Waals surface area (Å²) < 4.78 is 42.3. The first-order valence-electron chi connectivity index (χ1n) is 14.9. The lowest BCUT2D eigenvalue weighted by Crippen LogP contribution is -2.49. The van der Waals surface area contributed by atoms with Crippen molar-refractivity contribution < 1.29 is 18.0 Å². The Kier molecular flexibility index (Phi) is 8.83. The van der Waals surface area contributed by atoms with E-state index in [9.17, 15) is 23.2 Å². The lowest BCUT2D eigenvalue weighted by molar-refractivity contribution is -0.140. The zero-order chi connectivity index (χ0) is 33.0. The number of alkyl halides is 3. The SMILES string of the molecule is Cn1cc(-c2ccc(N(C(=O)NCc3ccccc3)[C@H]3CC[C@H](Nc4ncc(C#N)c(-c5c[nH]nc5C(F)(F)F)n4)CC3)nc2)cn1. The van der Waals surface area contributed by atoms with Gasteiger partial charge in [0.15, 0.2) is 5.69 Å². The molecule has 47 heavy (non-hydrogen) atoms. The minimum Gasteiger partial charge on any atom is -0.351 e. The van der Waals surface area contributed by atoms with Crippen LogP contribution < -0.4 is 15.5 Å². The molecule has 0 aliphatic heterocycles. The quantitative estimate of drug-likeness (QED) is 0.195. The molecule has 1 aromatic carbocycles. The molecule has 0 atom stereocenters. The van der Waals surface area contributed by atoms with Gasteiger partial charge in [-0.3, -0.25) is 14.7 Å². The second kappa shape index (κ2) is 13.3. The van der Waals surface area contributed by atoms with Crippen LogP contribution >= 0.6 is 0 Å². The van der Waals surface area contributed by atoms with E-state index in [2.05, 4.69) is 40.9 Å². The number of pyridine rings is 1. The zero-order valence-electron chi connectivity index (χ0n) is 25.2. The Hall–Kier alpha value is -5.78. The monoisotopic (exact) mass is 641 g/mol. The summed E-state index contributed by atoms with van der Waals surface area (Å²) in [5, 5.41) is 25.5. The van der Waals surface area contributed by atoms with Crippen LogP contribution in [0.3, 0.4) is 0 Å². The van der Waals surface area contributed by atoms with Gasteiger partial charge in [-0.25, -0.2) is 19.7 Å². The number of halogens is 3. The predicted octanol–water partition coefficient (Wildman–Crippen LogP) is 5.69. The molecule has 1 saturated carbocycles. The van der Waals surface area contributed by atoms with E-state index >= 15 is 0 Å². The van der Waals surface area contributed by atoms with E-state index < -0.39 is 11.9 Å². The third kappa shape index (κ3) is 7.06. The normalized spacial score (nSPS) is 16.3. The Morgan fingerprint density at radius 1 is 1.06 bits per heavy atom. The van der Waals surface area contributed by atoms with Gasteiger partial charge in [0.1, 0.15) is 11.9 Å². The van der Waals surface area contributed by atoms with Crippen molar-refractivity contribution in [2.75, 3.05) is 10.2 Å². The highest BCUT2D eigenvalue weighted by atomic mass is 19.4. The number of hydrogen-bond donors (Lipinski definition) is 3. The Bertz CT molecular complexity index is 1870. The molecule has 6 rings (SSSR count). The summed E-state index contributed by atoms with van der Waals surface area (Å²) in [5.74, 6) is 0.613. The van der Waals surface area contributed by atoms with Crippen LogP contribution in [0, 0.1) is 11.3 Å². The maximum Gasteiger partial charge on any atom is 0.435 e. The molecular formula is C32H30F3N11O. The van der Waals surface area contributed by atoms with Gasteiger partial charge in [0.25, 0.3) is 0 Å². The van der Waals surface area contributed by atoms with Crippen LogP contribution in [0.15, 0.2) is 73.4 Å². The summed E-state index contributed by atoms with van der Waals surface area (Å²) in [7, 11) is 1.84. The molecule has 0 radical (unpaired) electrons. The van der Waals surface area contributed by atoms with E-state index in [1.165, 1.54) is 6.20 Å². The molecule has 1 aliphatic rings. The second-order valence-electron chi connectivity index (χ2n) is 11.2. The Labute approximate surface area is 267 Å². The number of H-pyrrole nitrogens is 1. The van der Waals surface area contributed by atoms with E-state index in [0.717, 1.165) is 22.9 Å². The molecule has 4 heterocycles. The van der Waals surface area contributed by atoms with Crippen LogP contribution in [0.1, 0.15) is 42.5 Å². The molecule has 15 heteroatoms. The van der Waals surface area contributed by atoms with Crippen LogP contribution in [0.4, 0.5) is 29.7 Å². The molecular weight excluding hydrogens is 611 g/mol. The largest absolute Gasteiger partial charge is 0.435 e. The van der Waals surface area contributed by atoms with Gasteiger partial charge in [0.05, 0.1) is 29.2 Å². The number of anilines is 2. The van der Waals surface area contributed by atoms with E-state index in [4.69, 9.17) is 0 Å². The third-order valence-corrected chi connectivity index (χ3v) is 8.01. The number of amides is 2. The van der Waals surface area contributed by atoms with Crippen molar-refractivity contribution in [1.82, 2.24) is 40.2 Å². The standard InChI is InChI=1S/C32H30F3N11O/c1-45-19-23(17-41-45)21-7-12-27(37-15-21)46(31(47)39-14-20-5-3-2-4-6-20)25-10-8-24(9-11-25)42-30-38-16-22(13-36)28(43-30)26-18-40-44-29(26)32(33,34)35/h2-7,12,15-19,24-25H,8-11,14H2,1H3,(H,39,47)(H,40,44)(H,38,42,43)/t24-,25-. The number of carbonyl (C=O) groups excluding carboxylic acids is 1. The molecule has 0 spiro atoms. The van der Waals surface area contributed by atoms with Gasteiger partial charge in [0.2, 0.25) is 5.95 Å². The maximum absolute atomic E-state index is 13.7. The number of carbonyl (C=O) groups is 1. The first-order chi connectivity index (χ1) is 22.7. The van der Waals surface area contributed by atoms with E-state index in [0.29, 0.717) is 38.0 Å². The molecule has 1 aliphatic carbocycles. The highest BCUT2D eigenvalue weighted by molar-refractivity contribution is 5.91. The topological polar surface area (TPSA) is 153 Å². The molecule has 12 nitrogen and oxygen atoms in total. The van der Waals surface area contributed by atoms with Crippen LogP contribution in [0.25, 0.3) is 22.4 Å². The van der Waals surface area contributed by atoms with Crippen molar-refractivity contribution >= 4 is 17.8 Å². The number of nitriles is 1. The van der Waals surface area contributed by atoms with Gasteiger partial charge in [-0.15, -0.1) is 0 Å². The molecule has 240 valence electrons. The molecule has 2 amide bonds. The Morgan fingerprint density at radius 3 is 2.51 bits per heavy atom. The van der Waals surface area contributed by atoms with Crippen LogP contribution in [-0.2, 0) is 19.8 Å². The van der Waals surface area contributed by atoms with E-state index in [1.54, 1.807) is 22.0 Å². The van der Waals surface area contributed by atoms with Gasteiger partial charge in [-0.1, -0.05) is 30.3 Å². The average molecular weight is 642 g/mol. The number of aromatic amines is 1. The number of urea groups is 1. The van der Waals surface area contributed by atoms with Gasteiger partial charge in [0, 0.05) is 55.4 Å². The lowest BCUT2D eigenvalue weighted by atomic mass is 9.90. The highest BCUT2D eigenvalue weighted by Crippen LogP contribution is 2.36. The number of hydrogen-bond acceptors (Lipinski definition) is 8. The minimum atomic E-state index is -4.73. The third-order valence-electron chi connectivity index (χ3n) is 8.01. The fourth-order valence-corrected chi connectivity index (χ4v) is 5.67. The van der Waals surface area contributed by atoms with Gasteiger partial charge >= 0.3 is 12.2 Å². The second-order valence-corrected chi connectivity index (χ2v) is 11.2.